The summed E-state index contributed by atoms with van der Waals surface area (Å²) in [5, 5.41) is 3.30. The van der Waals surface area contributed by atoms with Gasteiger partial charge in [-0.3, -0.25) is 4.72 Å². The van der Waals surface area contributed by atoms with Gasteiger partial charge in [-0.2, -0.15) is 0 Å². The molecule has 9 heteroatoms. The van der Waals surface area contributed by atoms with Crippen molar-refractivity contribution in [1.82, 2.24) is 5.32 Å². The summed E-state index contributed by atoms with van der Waals surface area (Å²) in [4.78, 5) is 2.30. The van der Waals surface area contributed by atoms with Gasteiger partial charge in [0, 0.05) is 26.2 Å². The number of piperazine rings is 1. The van der Waals surface area contributed by atoms with E-state index in [1.54, 1.807) is 37.4 Å². The normalized spacial score (nSPS) is 13.7. The molecule has 0 aliphatic carbocycles. The molecular formula is C24H28ClN3O4S. The lowest BCUT2D eigenvalue weighted by Crippen LogP contribution is -2.43. The second-order valence-electron chi connectivity index (χ2n) is 7.46. The Labute approximate surface area is 201 Å². The van der Waals surface area contributed by atoms with Crippen molar-refractivity contribution in [2.45, 2.75) is 4.90 Å². The minimum Gasteiger partial charge on any atom is -0.495 e. The molecule has 1 saturated heterocycles. The minimum atomic E-state index is -3.86. The predicted molar refractivity (Wildman–Crippen MR) is 135 cm³/mol. The Morgan fingerprint density at radius 1 is 0.848 bits per heavy atom. The van der Waals surface area contributed by atoms with Crippen molar-refractivity contribution < 1.29 is 17.9 Å². The molecule has 33 heavy (non-hydrogen) atoms. The molecule has 0 amide bonds. The lowest BCUT2D eigenvalue weighted by molar-refractivity contribution is 0.412. The molecule has 0 spiro atoms. The summed E-state index contributed by atoms with van der Waals surface area (Å²) in [6, 6.07) is 20.2. The third kappa shape index (κ3) is 5.52. The molecular weight excluding hydrogens is 462 g/mol. The lowest BCUT2D eigenvalue weighted by atomic mass is 10.1. The Hall–Kier alpha value is -2.94. The van der Waals surface area contributed by atoms with E-state index in [-0.39, 0.29) is 17.3 Å². The largest absolute Gasteiger partial charge is 0.495 e. The monoisotopic (exact) mass is 489 g/mol. The summed E-state index contributed by atoms with van der Waals surface area (Å²) in [7, 11) is -0.749. The molecule has 1 aliphatic rings. The third-order valence-corrected chi connectivity index (χ3v) is 6.83. The van der Waals surface area contributed by atoms with Gasteiger partial charge in [-0.25, -0.2) is 8.42 Å². The first-order valence-electron chi connectivity index (χ1n) is 10.4. The molecule has 0 atom stereocenters. The molecule has 176 valence electrons. The van der Waals surface area contributed by atoms with E-state index in [4.69, 9.17) is 9.47 Å². The smallest absolute Gasteiger partial charge is 0.262 e. The summed E-state index contributed by atoms with van der Waals surface area (Å²) < 4.78 is 40.2. The second-order valence-corrected chi connectivity index (χ2v) is 9.14. The van der Waals surface area contributed by atoms with E-state index in [0.717, 1.165) is 43.0 Å². The van der Waals surface area contributed by atoms with Crippen LogP contribution < -0.4 is 24.4 Å². The molecule has 7 nitrogen and oxygen atoms in total. The number of hydrogen-bond donors (Lipinski definition) is 2. The maximum absolute atomic E-state index is 13.3. The summed E-state index contributed by atoms with van der Waals surface area (Å²) in [5.41, 5.74) is 3.02. The lowest BCUT2D eigenvalue weighted by Gasteiger charge is -2.30. The summed E-state index contributed by atoms with van der Waals surface area (Å²) >= 11 is 0. The van der Waals surface area contributed by atoms with E-state index >= 15 is 0 Å². The molecule has 3 aromatic rings. The fourth-order valence-electron chi connectivity index (χ4n) is 3.79. The zero-order chi connectivity index (χ0) is 22.6. The average Bonchev–Trinajstić information content (AvgIpc) is 2.84. The zero-order valence-electron chi connectivity index (χ0n) is 18.6. The zero-order valence-corrected chi connectivity index (χ0v) is 20.2. The van der Waals surface area contributed by atoms with E-state index in [1.807, 2.05) is 36.4 Å². The number of benzene rings is 3. The SMILES string of the molecule is COc1ccc(-c2ccccc2)cc1NS(=O)(=O)c1ccc(OC)c(N2CCNCC2)c1.Cl. The highest BCUT2D eigenvalue weighted by atomic mass is 35.5. The Kier molecular flexibility index (Phi) is 8.07. The van der Waals surface area contributed by atoms with Gasteiger partial charge in [0.1, 0.15) is 11.5 Å². The number of ether oxygens (including phenoxy) is 2. The maximum atomic E-state index is 13.3. The van der Waals surface area contributed by atoms with Crippen LogP contribution in [0.15, 0.2) is 71.6 Å². The van der Waals surface area contributed by atoms with E-state index in [0.29, 0.717) is 17.2 Å². The van der Waals surface area contributed by atoms with Crippen molar-refractivity contribution in [3.05, 3.63) is 66.7 Å². The van der Waals surface area contributed by atoms with Gasteiger partial charge in [0.15, 0.2) is 0 Å². The van der Waals surface area contributed by atoms with Crippen LogP contribution in [0.4, 0.5) is 11.4 Å². The molecule has 4 rings (SSSR count). The Morgan fingerprint density at radius 2 is 1.52 bits per heavy atom. The number of rotatable bonds is 7. The first-order valence-corrected chi connectivity index (χ1v) is 11.9. The molecule has 0 bridgehead atoms. The standard InChI is InChI=1S/C24H27N3O4S.ClH/c1-30-23-10-8-19(18-6-4-3-5-7-18)16-21(23)26-32(28,29)20-9-11-24(31-2)22(17-20)27-14-12-25-13-15-27;/h3-11,16-17,25-26H,12-15H2,1-2H3;1H. The van der Waals surface area contributed by atoms with Crippen molar-refractivity contribution in [3.8, 4) is 22.6 Å². The number of nitrogens with zero attached hydrogens (tertiary/aromatic N) is 1. The fraction of sp³-hybridized carbons (Fsp3) is 0.250. The third-order valence-electron chi connectivity index (χ3n) is 5.47. The maximum Gasteiger partial charge on any atom is 0.262 e. The van der Waals surface area contributed by atoms with Gasteiger partial charge in [-0.1, -0.05) is 36.4 Å². The van der Waals surface area contributed by atoms with E-state index in [1.165, 1.54) is 7.11 Å². The number of methoxy groups -OCH3 is 2. The van der Waals surface area contributed by atoms with Gasteiger partial charge >= 0.3 is 0 Å². The van der Waals surface area contributed by atoms with Crippen LogP contribution in [0.3, 0.4) is 0 Å². The van der Waals surface area contributed by atoms with Crippen LogP contribution in [0.1, 0.15) is 0 Å². The van der Waals surface area contributed by atoms with E-state index in [2.05, 4.69) is 14.9 Å². The molecule has 0 unspecified atom stereocenters. The highest BCUT2D eigenvalue weighted by molar-refractivity contribution is 7.92. The van der Waals surface area contributed by atoms with Crippen LogP contribution in [0.5, 0.6) is 11.5 Å². The number of hydrogen-bond acceptors (Lipinski definition) is 6. The van der Waals surface area contributed by atoms with Gasteiger partial charge < -0.3 is 19.7 Å². The fourth-order valence-corrected chi connectivity index (χ4v) is 4.87. The highest BCUT2D eigenvalue weighted by Gasteiger charge is 2.22. The van der Waals surface area contributed by atoms with Gasteiger partial charge in [0.25, 0.3) is 10.0 Å². The summed E-state index contributed by atoms with van der Waals surface area (Å²) in [5.74, 6) is 1.10. The number of halogens is 1. The van der Waals surface area contributed by atoms with Gasteiger partial charge in [0.05, 0.1) is 30.5 Å². The Bertz CT molecular complexity index is 1180. The van der Waals surface area contributed by atoms with Crippen molar-refractivity contribution in [3.63, 3.8) is 0 Å². The molecule has 3 aromatic carbocycles. The second kappa shape index (κ2) is 10.8. The van der Waals surface area contributed by atoms with Crippen LogP contribution in [0, 0.1) is 0 Å². The molecule has 0 aromatic heterocycles. The molecule has 1 aliphatic heterocycles. The first kappa shape index (κ1) is 24.7. The summed E-state index contributed by atoms with van der Waals surface area (Å²) in [6.07, 6.45) is 0. The average molecular weight is 490 g/mol. The number of anilines is 2. The van der Waals surface area contributed by atoms with Crippen LogP contribution >= 0.6 is 12.4 Å². The van der Waals surface area contributed by atoms with Crippen molar-refractivity contribution in [2.75, 3.05) is 50.0 Å². The molecule has 0 saturated carbocycles. The number of sulfonamides is 1. The van der Waals surface area contributed by atoms with Crippen LogP contribution in [-0.4, -0.2) is 48.8 Å². The first-order chi connectivity index (χ1) is 15.5. The quantitative estimate of drug-likeness (QED) is 0.522. The van der Waals surface area contributed by atoms with E-state index in [9.17, 15) is 8.42 Å². The van der Waals surface area contributed by atoms with Crippen LogP contribution in [0.2, 0.25) is 0 Å². The predicted octanol–water partition coefficient (Wildman–Crippen LogP) is 4.00. The van der Waals surface area contributed by atoms with Crippen molar-refractivity contribution in [2.24, 2.45) is 0 Å². The minimum absolute atomic E-state index is 0. The summed E-state index contributed by atoms with van der Waals surface area (Å²) in [6.45, 7) is 3.23. The van der Waals surface area contributed by atoms with Gasteiger partial charge in [0.2, 0.25) is 0 Å². The molecule has 1 fully saturated rings. The number of nitrogens with one attached hydrogen (secondary N) is 2. The van der Waals surface area contributed by atoms with E-state index < -0.39 is 10.0 Å². The van der Waals surface area contributed by atoms with Crippen molar-refractivity contribution >= 4 is 33.8 Å². The van der Waals surface area contributed by atoms with Crippen LogP contribution in [0.25, 0.3) is 11.1 Å². The highest BCUT2D eigenvalue weighted by Crippen LogP contribution is 2.35. The Morgan fingerprint density at radius 3 is 2.18 bits per heavy atom. The topological polar surface area (TPSA) is 79.9 Å². The molecule has 1 heterocycles. The Balaban J connectivity index is 0.00000306. The molecule has 2 N–H and O–H groups in total. The van der Waals surface area contributed by atoms with Gasteiger partial charge in [-0.15, -0.1) is 12.4 Å². The van der Waals surface area contributed by atoms with Crippen molar-refractivity contribution in [1.29, 1.82) is 0 Å². The molecule has 0 radical (unpaired) electrons. The van der Waals surface area contributed by atoms with Crippen LogP contribution in [-0.2, 0) is 10.0 Å². The van der Waals surface area contributed by atoms with Gasteiger partial charge in [-0.05, 0) is 41.5 Å².